The molecule has 1 unspecified atom stereocenters. The molecule has 0 aliphatic carbocycles. The van der Waals surface area contributed by atoms with Crippen molar-refractivity contribution in [2.45, 2.75) is 25.7 Å². The number of nitrogens with one attached hydrogen (secondary N) is 1. The third kappa shape index (κ3) is 3.16. The number of rotatable bonds is 4. The first-order valence-electron chi connectivity index (χ1n) is 6.77. The summed E-state index contributed by atoms with van der Waals surface area (Å²) in [5, 5.41) is 0. The number of fused-ring (bicyclic) bond motifs is 1. The summed E-state index contributed by atoms with van der Waals surface area (Å²) in [6.45, 7) is 1.30. The van der Waals surface area contributed by atoms with Crippen molar-refractivity contribution in [1.82, 2.24) is 5.43 Å². The highest BCUT2D eigenvalue weighted by Crippen LogP contribution is 2.26. The van der Waals surface area contributed by atoms with E-state index in [1.54, 1.807) is 6.07 Å². The van der Waals surface area contributed by atoms with Crippen LogP contribution < -0.4 is 11.3 Å². The molecular weight excluding hydrogens is 335 g/mol. The molecule has 0 saturated carbocycles. The largest absolute Gasteiger partial charge is 0.372 e. The summed E-state index contributed by atoms with van der Waals surface area (Å²) in [5.41, 5.74) is 6.86. The number of hydrogen-bond donors (Lipinski definition) is 2. The molecule has 0 spiro atoms. The highest BCUT2D eigenvalue weighted by atomic mass is 79.9. The van der Waals surface area contributed by atoms with Crippen LogP contribution in [-0.4, -0.2) is 0 Å². The van der Waals surface area contributed by atoms with Gasteiger partial charge in [0.05, 0.1) is 19.3 Å². The molecule has 1 heterocycles. The van der Waals surface area contributed by atoms with E-state index in [9.17, 15) is 4.39 Å². The van der Waals surface area contributed by atoms with Crippen LogP contribution in [-0.2, 0) is 24.4 Å². The molecule has 0 radical (unpaired) electrons. The third-order valence-corrected chi connectivity index (χ3v) is 4.28. The molecule has 2 aromatic rings. The number of hydrogen-bond acceptors (Lipinski definition) is 3. The van der Waals surface area contributed by atoms with Crippen LogP contribution in [0.15, 0.2) is 40.9 Å². The molecule has 3 N–H and O–H groups in total. The Morgan fingerprint density at radius 1 is 1.19 bits per heavy atom. The van der Waals surface area contributed by atoms with Crippen LogP contribution in [0, 0.1) is 5.82 Å². The fourth-order valence-corrected chi connectivity index (χ4v) is 2.92. The van der Waals surface area contributed by atoms with Crippen molar-refractivity contribution in [3.05, 3.63) is 68.9 Å². The second-order valence-electron chi connectivity index (χ2n) is 5.18. The zero-order chi connectivity index (χ0) is 14.8. The average Bonchev–Trinajstić information content (AvgIpc) is 2.94. The predicted octanol–water partition coefficient (Wildman–Crippen LogP) is 3.37. The lowest BCUT2D eigenvalue weighted by molar-refractivity contribution is 0.134. The lowest BCUT2D eigenvalue weighted by Gasteiger charge is -2.18. The number of nitrogens with two attached hydrogens (primary N) is 1. The first kappa shape index (κ1) is 14.7. The molecule has 21 heavy (non-hydrogen) atoms. The molecule has 1 aliphatic rings. The van der Waals surface area contributed by atoms with Gasteiger partial charge >= 0.3 is 0 Å². The normalized spacial score (nSPS) is 15.0. The molecule has 110 valence electrons. The van der Waals surface area contributed by atoms with E-state index in [0.29, 0.717) is 25.2 Å². The quantitative estimate of drug-likeness (QED) is 0.656. The molecular formula is C16H16BrFN2O. The van der Waals surface area contributed by atoms with Crippen LogP contribution >= 0.6 is 15.9 Å². The van der Waals surface area contributed by atoms with Crippen molar-refractivity contribution < 1.29 is 9.13 Å². The smallest absolute Gasteiger partial charge is 0.127 e. The molecule has 0 fully saturated rings. The van der Waals surface area contributed by atoms with E-state index < -0.39 is 0 Å². The zero-order valence-electron chi connectivity index (χ0n) is 11.4. The van der Waals surface area contributed by atoms with E-state index in [1.807, 2.05) is 12.1 Å². The van der Waals surface area contributed by atoms with Gasteiger partial charge in [0.2, 0.25) is 0 Å². The highest BCUT2D eigenvalue weighted by Gasteiger charge is 2.17. The molecule has 1 aliphatic heterocycles. The maximum absolute atomic E-state index is 14.0. The first-order chi connectivity index (χ1) is 10.2. The summed E-state index contributed by atoms with van der Waals surface area (Å²) in [7, 11) is 0. The summed E-state index contributed by atoms with van der Waals surface area (Å²) < 4.78 is 20.1. The number of halogens is 2. The monoisotopic (exact) mass is 350 g/mol. The number of hydrazine groups is 1. The van der Waals surface area contributed by atoms with Crippen molar-refractivity contribution in [3.8, 4) is 0 Å². The van der Waals surface area contributed by atoms with Crippen LogP contribution in [0.3, 0.4) is 0 Å². The van der Waals surface area contributed by atoms with Crippen molar-refractivity contribution in [2.75, 3.05) is 0 Å². The molecule has 0 amide bonds. The Bertz CT molecular complexity index is 663. The van der Waals surface area contributed by atoms with E-state index in [2.05, 4.69) is 33.5 Å². The molecule has 2 aromatic carbocycles. The van der Waals surface area contributed by atoms with Gasteiger partial charge in [-0.2, -0.15) is 0 Å². The number of benzene rings is 2. The van der Waals surface area contributed by atoms with Gasteiger partial charge in [0, 0.05) is 4.47 Å². The minimum Gasteiger partial charge on any atom is -0.372 e. The SMILES string of the molecule is NNC(Cc1ccc(Br)cc1F)c1ccc2c(c1)COC2. The molecule has 0 bridgehead atoms. The topological polar surface area (TPSA) is 47.3 Å². The van der Waals surface area contributed by atoms with Crippen LogP contribution in [0.2, 0.25) is 0 Å². The summed E-state index contributed by atoms with van der Waals surface area (Å²) in [6, 6.07) is 11.1. The molecule has 0 aromatic heterocycles. The maximum atomic E-state index is 14.0. The third-order valence-electron chi connectivity index (χ3n) is 3.79. The predicted molar refractivity (Wildman–Crippen MR) is 82.8 cm³/mol. The summed E-state index contributed by atoms with van der Waals surface area (Å²) >= 11 is 3.26. The van der Waals surface area contributed by atoms with Gasteiger partial charge in [-0.1, -0.05) is 40.2 Å². The van der Waals surface area contributed by atoms with Gasteiger partial charge in [-0.25, -0.2) is 4.39 Å². The first-order valence-corrected chi connectivity index (χ1v) is 7.56. The van der Waals surface area contributed by atoms with Gasteiger partial charge in [0.25, 0.3) is 0 Å². The minimum absolute atomic E-state index is 0.133. The van der Waals surface area contributed by atoms with E-state index >= 15 is 0 Å². The standard InChI is InChI=1S/C16H16BrFN2O/c17-14-4-3-10(15(18)7-14)6-16(20-19)11-1-2-12-8-21-9-13(12)5-11/h1-5,7,16,20H,6,8-9,19H2. The summed E-state index contributed by atoms with van der Waals surface area (Å²) in [4.78, 5) is 0. The van der Waals surface area contributed by atoms with E-state index in [-0.39, 0.29) is 11.9 Å². The van der Waals surface area contributed by atoms with Gasteiger partial charge in [-0.3, -0.25) is 11.3 Å². The van der Waals surface area contributed by atoms with Crippen molar-refractivity contribution in [2.24, 2.45) is 5.84 Å². The summed E-state index contributed by atoms with van der Waals surface area (Å²) in [5.74, 6) is 5.44. The fourth-order valence-electron chi connectivity index (χ4n) is 2.59. The lowest BCUT2D eigenvalue weighted by Crippen LogP contribution is -2.30. The van der Waals surface area contributed by atoms with E-state index in [4.69, 9.17) is 10.6 Å². The minimum atomic E-state index is -0.228. The van der Waals surface area contributed by atoms with Gasteiger partial charge in [-0.05, 0) is 40.8 Å². The van der Waals surface area contributed by atoms with E-state index in [1.165, 1.54) is 17.2 Å². The Morgan fingerprint density at radius 3 is 2.76 bits per heavy atom. The van der Waals surface area contributed by atoms with Crippen molar-refractivity contribution in [3.63, 3.8) is 0 Å². The molecule has 0 saturated heterocycles. The fraction of sp³-hybridized carbons (Fsp3) is 0.250. The Labute approximate surface area is 131 Å². The van der Waals surface area contributed by atoms with Crippen LogP contribution in [0.5, 0.6) is 0 Å². The molecule has 3 nitrogen and oxygen atoms in total. The Morgan fingerprint density at radius 2 is 2.00 bits per heavy atom. The summed E-state index contributed by atoms with van der Waals surface area (Å²) in [6.07, 6.45) is 0.495. The van der Waals surface area contributed by atoms with E-state index in [0.717, 1.165) is 10.0 Å². The molecule has 3 rings (SSSR count). The molecule has 5 heteroatoms. The lowest BCUT2D eigenvalue weighted by atomic mass is 9.96. The Kier molecular flexibility index (Phi) is 4.35. The van der Waals surface area contributed by atoms with Crippen molar-refractivity contribution in [1.29, 1.82) is 0 Å². The average molecular weight is 351 g/mol. The van der Waals surface area contributed by atoms with Crippen LogP contribution in [0.4, 0.5) is 4.39 Å². The Hall–Kier alpha value is -1.27. The Balaban J connectivity index is 1.85. The van der Waals surface area contributed by atoms with Gasteiger partial charge in [0.15, 0.2) is 0 Å². The second-order valence-corrected chi connectivity index (χ2v) is 6.10. The molecule has 1 atom stereocenters. The van der Waals surface area contributed by atoms with Gasteiger partial charge < -0.3 is 4.74 Å². The van der Waals surface area contributed by atoms with Crippen LogP contribution in [0.25, 0.3) is 0 Å². The van der Waals surface area contributed by atoms with Gasteiger partial charge in [0.1, 0.15) is 5.82 Å². The van der Waals surface area contributed by atoms with Crippen LogP contribution in [0.1, 0.15) is 28.3 Å². The highest BCUT2D eigenvalue weighted by molar-refractivity contribution is 9.10. The number of ether oxygens (including phenoxy) is 1. The van der Waals surface area contributed by atoms with Gasteiger partial charge in [-0.15, -0.1) is 0 Å². The maximum Gasteiger partial charge on any atom is 0.127 e. The van der Waals surface area contributed by atoms with Crippen molar-refractivity contribution >= 4 is 15.9 Å². The second kappa shape index (κ2) is 6.23. The zero-order valence-corrected chi connectivity index (χ0v) is 13.0.